The quantitative estimate of drug-likeness (QED) is 0.795. The second-order valence-corrected chi connectivity index (χ2v) is 5.11. The van der Waals surface area contributed by atoms with E-state index in [1.165, 1.54) is 0 Å². The molecule has 1 aliphatic carbocycles. The van der Waals surface area contributed by atoms with Crippen LogP contribution in [0.3, 0.4) is 0 Å². The molecule has 94 valence electrons. The lowest BCUT2D eigenvalue weighted by atomic mass is 9.92. The number of aromatic nitrogens is 2. The minimum absolute atomic E-state index is 0.0906. The maximum atomic E-state index is 12.2. The van der Waals surface area contributed by atoms with E-state index in [-0.39, 0.29) is 11.3 Å². The molecular weight excluding hydrogens is 214 g/mol. The van der Waals surface area contributed by atoms with Gasteiger partial charge in [0.05, 0.1) is 0 Å². The molecule has 17 heavy (non-hydrogen) atoms. The third kappa shape index (κ3) is 2.75. The molecule has 1 aliphatic rings. The molecule has 2 rings (SSSR count). The number of hydrogen-bond donors (Lipinski definition) is 1. The maximum Gasteiger partial charge on any atom is 0.200 e. The van der Waals surface area contributed by atoms with Gasteiger partial charge in [-0.1, -0.05) is 19.8 Å². The number of rotatable bonds is 5. The van der Waals surface area contributed by atoms with Gasteiger partial charge in [0.1, 0.15) is 0 Å². The van der Waals surface area contributed by atoms with Crippen molar-refractivity contribution in [2.75, 3.05) is 0 Å². The van der Waals surface area contributed by atoms with Gasteiger partial charge in [-0.05, 0) is 19.3 Å². The Labute approximate surface area is 102 Å². The van der Waals surface area contributed by atoms with E-state index in [9.17, 15) is 4.79 Å². The first-order chi connectivity index (χ1) is 8.14. The summed E-state index contributed by atoms with van der Waals surface area (Å²) in [4.78, 5) is 16.4. The number of carbonyl (C=O) groups is 1. The predicted octanol–water partition coefficient (Wildman–Crippen LogP) is 2.14. The zero-order chi connectivity index (χ0) is 12.3. The summed E-state index contributed by atoms with van der Waals surface area (Å²) >= 11 is 0. The Kier molecular flexibility index (Phi) is 3.62. The molecule has 1 fully saturated rings. The van der Waals surface area contributed by atoms with Gasteiger partial charge >= 0.3 is 0 Å². The van der Waals surface area contributed by atoms with Gasteiger partial charge in [0, 0.05) is 30.9 Å². The number of hydrogen-bond acceptors (Lipinski definition) is 3. The van der Waals surface area contributed by atoms with E-state index in [4.69, 9.17) is 5.73 Å². The smallest absolute Gasteiger partial charge is 0.200 e. The summed E-state index contributed by atoms with van der Waals surface area (Å²) in [5, 5.41) is 0. The van der Waals surface area contributed by atoms with Gasteiger partial charge in [-0.2, -0.15) is 0 Å². The fourth-order valence-electron chi connectivity index (χ4n) is 2.64. The molecule has 0 bridgehead atoms. The van der Waals surface area contributed by atoms with Crippen LogP contribution < -0.4 is 5.73 Å². The average Bonchev–Trinajstić information content (AvgIpc) is 2.88. The second-order valence-electron chi connectivity index (χ2n) is 5.11. The normalized spacial score (nSPS) is 18.5. The van der Waals surface area contributed by atoms with Gasteiger partial charge < -0.3 is 10.3 Å². The monoisotopic (exact) mass is 235 g/mol. The van der Waals surface area contributed by atoms with Crippen LogP contribution in [-0.4, -0.2) is 20.9 Å². The number of aryl methyl sites for hydroxylation is 1. The number of ketones is 1. The highest BCUT2D eigenvalue weighted by Gasteiger charge is 2.32. The first kappa shape index (κ1) is 12.3. The van der Waals surface area contributed by atoms with E-state index < -0.39 is 0 Å². The first-order valence-corrected chi connectivity index (χ1v) is 6.48. The summed E-state index contributed by atoms with van der Waals surface area (Å²) < 4.78 is 1.93. The fourth-order valence-corrected chi connectivity index (χ4v) is 2.64. The van der Waals surface area contributed by atoms with Gasteiger partial charge in [0.25, 0.3) is 0 Å². The summed E-state index contributed by atoms with van der Waals surface area (Å²) in [7, 11) is 0. The number of carbonyl (C=O) groups excluding carboxylic acids is 1. The van der Waals surface area contributed by atoms with E-state index in [1.807, 2.05) is 10.8 Å². The van der Waals surface area contributed by atoms with Crippen molar-refractivity contribution in [1.29, 1.82) is 0 Å². The Balaban J connectivity index is 2.06. The molecule has 4 nitrogen and oxygen atoms in total. The Hall–Kier alpha value is -1.16. The second kappa shape index (κ2) is 5.00. The zero-order valence-corrected chi connectivity index (χ0v) is 10.5. The van der Waals surface area contributed by atoms with Crippen LogP contribution in [-0.2, 0) is 6.54 Å². The number of Topliss-reactive ketones (excluding diaryl/α,β-unsaturated/α-hetero) is 1. The van der Waals surface area contributed by atoms with Crippen molar-refractivity contribution in [3.63, 3.8) is 0 Å². The molecule has 1 aromatic rings. The van der Waals surface area contributed by atoms with Gasteiger partial charge in [-0.15, -0.1) is 0 Å². The highest BCUT2D eigenvalue weighted by molar-refractivity contribution is 5.93. The topological polar surface area (TPSA) is 60.9 Å². The van der Waals surface area contributed by atoms with Crippen LogP contribution in [0.5, 0.6) is 0 Å². The van der Waals surface area contributed by atoms with Crippen LogP contribution in [0, 0.1) is 0 Å². The zero-order valence-electron chi connectivity index (χ0n) is 10.5. The Morgan fingerprint density at radius 1 is 1.53 bits per heavy atom. The van der Waals surface area contributed by atoms with Crippen molar-refractivity contribution in [3.05, 3.63) is 18.2 Å². The Bertz CT molecular complexity index is 391. The molecular formula is C13H21N3O. The number of imidazole rings is 1. The van der Waals surface area contributed by atoms with Crippen LogP contribution in [0.2, 0.25) is 0 Å². The van der Waals surface area contributed by atoms with Crippen LogP contribution >= 0.6 is 0 Å². The van der Waals surface area contributed by atoms with Gasteiger partial charge in [-0.25, -0.2) is 4.98 Å². The highest BCUT2D eigenvalue weighted by atomic mass is 16.1. The minimum Gasteiger partial charge on any atom is -0.329 e. The van der Waals surface area contributed by atoms with Crippen molar-refractivity contribution < 1.29 is 4.79 Å². The van der Waals surface area contributed by atoms with E-state index in [0.29, 0.717) is 12.2 Å². The molecule has 0 unspecified atom stereocenters. The molecule has 2 N–H and O–H groups in total. The van der Waals surface area contributed by atoms with Crippen LogP contribution in [0.4, 0.5) is 0 Å². The maximum absolute atomic E-state index is 12.2. The van der Waals surface area contributed by atoms with E-state index in [2.05, 4.69) is 11.9 Å². The Morgan fingerprint density at radius 2 is 2.24 bits per heavy atom. The largest absolute Gasteiger partial charge is 0.329 e. The third-order valence-corrected chi connectivity index (χ3v) is 3.54. The first-order valence-electron chi connectivity index (χ1n) is 6.48. The van der Waals surface area contributed by atoms with Crippen molar-refractivity contribution in [2.24, 2.45) is 5.73 Å². The van der Waals surface area contributed by atoms with Gasteiger partial charge in [-0.3, -0.25) is 4.79 Å². The molecule has 1 heterocycles. The summed E-state index contributed by atoms with van der Waals surface area (Å²) in [6, 6.07) is 0. The van der Waals surface area contributed by atoms with Crippen molar-refractivity contribution in [2.45, 2.75) is 57.5 Å². The van der Waals surface area contributed by atoms with Crippen molar-refractivity contribution >= 4 is 5.78 Å². The molecule has 0 radical (unpaired) electrons. The summed E-state index contributed by atoms with van der Waals surface area (Å²) in [6.07, 6.45) is 9.23. The third-order valence-electron chi connectivity index (χ3n) is 3.54. The van der Waals surface area contributed by atoms with E-state index in [0.717, 1.165) is 38.6 Å². The van der Waals surface area contributed by atoms with E-state index in [1.54, 1.807) is 6.20 Å². The number of nitrogens with two attached hydrogens (primary N) is 1. The minimum atomic E-state index is -0.278. The highest BCUT2D eigenvalue weighted by Crippen LogP contribution is 2.30. The summed E-state index contributed by atoms with van der Waals surface area (Å²) in [6.45, 7) is 2.94. The predicted molar refractivity (Wildman–Crippen MR) is 66.9 cm³/mol. The molecule has 1 aromatic heterocycles. The van der Waals surface area contributed by atoms with Gasteiger partial charge in [0.15, 0.2) is 11.6 Å². The fraction of sp³-hybridized carbons (Fsp3) is 0.692. The molecule has 4 heteroatoms. The summed E-state index contributed by atoms with van der Waals surface area (Å²) in [5.41, 5.74) is 5.95. The van der Waals surface area contributed by atoms with Crippen LogP contribution in [0.15, 0.2) is 12.4 Å². The molecule has 0 amide bonds. The standard InChI is InChI=1S/C13H21N3O/c1-2-8-16-9-7-15-12(16)11(17)10-13(14)5-3-4-6-13/h7,9H,2-6,8,10,14H2,1H3. The van der Waals surface area contributed by atoms with Crippen molar-refractivity contribution in [3.8, 4) is 0 Å². The molecule has 0 spiro atoms. The lowest BCUT2D eigenvalue weighted by Gasteiger charge is -2.22. The average molecular weight is 235 g/mol. The summed E-state index contributed by atoms with van der Waals surface area (Å²) in [5.74, 6) is 0.663. The molecule has 0 aliphatic heterocycles. The van der Waals surface area contributed by atoms with E-state index >= 15 is 0 Å². The Morgan fingerprint density at radius 3 is 2.88 bits per heavy atom. The molecule has 0 saturated heterocycles. The lowest BCUT2D eigenvalue weighted by Crippen LogP contribution is -2.39. The van der Waals surface area contributed by atoms with Crippen LogP contribution in [0.1, 0.15) is 56.1 Å². The van der Waals surface area contributed by atoms with Crippen LogP contribution in [0.25, 0.3) is 0 Å². The van der Waals surface area contributed by atoms with Crippen molar-refractivity contribution in [1.82, 2.24) is 9.55 Å². The molecule has 1 saturated carbocycles. The molecule has 0 atom stereocenters. The van der Waals surface area contributed by atoms with Gasteiger partial charge in [0.2, 0.25) is 0 Å². The number of nitrogens with zero attached hydrogens (tertiary/aromatic N) is 2. The lowest BCUT2D eigenvalue weighted by molar-refractivity contribution is 0.0937. The molecule has 0 aromatic carbocycles. The SMILES string of the molecule is CCCn1ccnc1C(=O)CC1(N)CCCC1.